The van der Waals surface area contributed by atoms with Crippen LogP contribution in [0.2, 0.25) is 0 Å². The Morgan fingerprint density at radius 2 is 1.60 bits per heavy atom. The van der Waals surface area contributed by atoms with E-state index in [1.165, 1.54) is 22.4 Å². The van der Waals surface area contributed by atoms with E-state index in [4.69, 9.17) is 4.74 Å². The lowest BCUT2D eigenvalue weighted by Gasteiger charge is -2.38. The van der Waals surface area contributed by atoms with Gasteiger partial charge in [0.1, 0.15) is 0 Å². The minimum Gasteiger partial charge on any atom is -0.373 e. The van der Waals surface area contributed by atoms with Crippen molar-refractivity contribution < 1.29 is 4.74 Å². The SMILES string of the molecule is CC(C)C1COC2c3ccccc3CN(C(C)C)c3ccccc3C21. The maximum absolute atomic E-state index is 6.43. The number of nitrogens with zero attached hydrogens (tertiary/aromatic N) is 1. The number of hydrogen-bond donors (Lipinski definition) is 0. The summed E-state index contributed by atoms with van der Waals surface area (Å²) >= 11 is 0. The van der Waals surface area contributed by atoms with Gasteiger partial charge in [0.2, 0.25) is 0 Å². The fourth-order valence-corrected chi connectivity index (χ4v) is 4.65. The van der Waals surface area contributed by atoms with Gasteiger partial charge in [-0.25, -0.2) is 0 Å². The predicted octanol–water partition coefficient (Wildman–Crippen LogP) is 5.54. The van der Waals surface area contributed by atoms with Crippen molar-refractivity contribution in [2.45, 2.75) is 52.3 Å². The average Bonchev–Trinajstić information content (AvgIpc) is 3.03. The molecule has 25 heavy (non-hydrogen) atoms. The summed E-state index contributed by atoms with van der Waals surface area (Å²) in [6.45, 7) is 11.1. The summed E-state index contributed by atoms with van der Waals surface area (Å²) in [6.07, 6.45) is 0.180. The number of fused-ring (bicyclic) bond motifs is 5. The highest BCUT2D eigenvalue weighted by atomic mass is 16.5. The molecule has 2 aliphatic heterocycles. The Morgan fingerprint density at radius 1 is 0.920 bits per heavy atom. The normalized spacial score (nSPS) is 25.4. The summed E-state index contributed by atoms with van der Waals surface area (Å²) in [5, 5.41) is 0. The summed E-state index contributed by atoms with van der Waals surface area (Å²) in [6, 6.07) is 18.4. The van der Waals surface area contributed by atoms with Gasteiger partial charge in [-0.15, -0.1) is 0 Å². The standard InChI is InChI=1S/C23H29NO/c1-15(2)20-14-25-23-18-10-6-5-9-17(18)13-24(16(3)4)21-12-8-7-11-19(21)22(20)23/h5-12,15-16,20,22-23H,13-14H2,1-4H3. The molecule has 0 aliphatic carbocycles. The summed E-state index contributed by atoms with van der Waals surface area (Å²) in [5.41, 5.74) is 5.64. The molecule has 3 atom stereocenters. The number of ether oxygens (including phenoxy) is 1. The van der Waals surface area contributed by atoms with E-state index in [0.717, 1.165) is 13.2 Å². The zero-order chi connectivity index (χ0) is 17.6. The molecule has 2 aromatic carbocycles. The van der Waals surface area contributed by atoms with Gasteiger partial charge in [0.05, 0.1) is 12.7 Å². The third-order valence-corrected chi connectivity index (χ3v) is 6.04. The Hall–Kier alpha value is -1.80. The van der Waals surface area contributed by atoms with Crippen molar-refractivity contribution in [2.75, 3.05) is 11.5 Å². The first kappa shape index (κ1) is 16.7. The van der Waals surface area contributed by atoms with Gasteiger partial charge in [-0.1, -0.05) is 56.3 Å². The lowest BCUT2D eigenvalue weighted by atomic mass is 9.75. The van der Waals surface area contributed by atoms with Gasteiger partial charge in [-0.2, -0.15) is 0 Å². The first-order chi connectivity index (χ1) is 12.1. The molecule has 4 rings (SSSR count). The Balaban J connectivity index is 1.93. The molecular weight excluding hydrogens is 306 g/mol. The van der Waals surface area contributed by atoms with Gasteiger partial charge in [0.25, 0.3) is 0 Å². The van der Waals surface area contributed by atoms with Crippen LogP contribution in [0.15, 0.2) is 48.5 Å². The van der Waals surface area contributed by atoms with Crippen molar-refractivity contribution in [1.29, 1.82) is 0 Å². The third kappa shape index (κ3) is 2.77. The fourth-order valence-electron chi connectivity index (χ4n) is 4.65. The second-order valence-electron chi connectivity index (χ2n) is 8.17. The molecule has 0 radical (unpaired) electrons. The van der Waals surface area contributed by atoms with Gasteiger partial charge in [0.15, 0.2) is 0 Å². The molecule has 2 heteroatoms. The van der Waals surface area contributed by atoms with Crippen LogP contribution in [0.1, 0.15) is 56.4 Å². The van der Waals surface area contributed by atoms with Crippen molar-refractivity contribution in [3.63, 3.8) is 0 Å². The van der Waals surface area contributed by atoms with Crippen molar-refractivity contribution in [1.82, 2.24) is 0 Å². The van der Waals surface area contributed by atoms with Gasteiger partial charge >= 0.3 is 0 Å². The predicted molar refractivity (Wildman–Crippen MR) is 104 cm³/mol. The number of anilines is 1. The molecule has 2 nitrogen and oxygen atoms in total. The van der Waals surface area contributed by atoms with Crippen molar-refractivity contribution >= 4 is 5.69 Å². The van der Waals surface area contributed by atoms with E-state index >= 15 is 0 Å². The minimum atomic E-state index is 0.180. The molecule has 0 amide bonds. The van der Waals surface area contributed by atoms with E-state index in [2.05, 4.69) is 81.1 Å². The van der Waals surface area contributed by atoms with Gasteiger partial charge < -0.3 is 9.64 Å². The maximum atomic E-state index is 6.43. The van der Waals surface area contributed by atoms with Crippen LogP contribution in [0.25, 0.3) is 0 Å². The van der Waals surface area contributed by atoms with E-state index in [0.29, 0.717) is 23.8 Å². The highest BCUT2D eigenvalue weighted by Gasteiger charge is 2.43. The smallest absolute Gasteiger partial charge is 0.0901 e. The number of rotatable bonds is 2. The number of para-hydroxylation sites is 1. The van der Waals surface area contributed by atoms with Crippen LogP contribution in [0.3, 0.4) is 0 Å². The summed E-state index contributed by atoms with van der Waals surface area (Å²) < 4.78 is 6.43. The average molecular weight is 335 g/mol. The van der Waals surface area contributed by atoms with E-state index in [-0.39, 0.29) is 6.10 Å². The molecule has 0 saturated carbocycles. The quantitative estimate of drug-likeness (QED) is 0.714. The molecule has 1 fully saturated rings. The number of hydrogen-bond acceptors (Lipinski definition) is 2. The van der Waals surface area contributed by atoms with E-state index < -0.39 is 0 Å². The van der Waals surface area contributed by atoms with Crippen LogP contribution >= 0.6 is 0 Å². The Morgan fingerprint density at radius 3 is 2.32 bits per heavy atom. The molecule has 0 N–H and O–H groups in total. The van der Waals surface area contributed by atoms with Crippen LogP contribution in [-0.4, -0.2) is 12.6 Å². The molecule has 1 saturated heterocycles. The highest BCUT2D eigenvalue weighted by Crippen LogP contribution is 2.52. The molecule has 2 aliphatic rings. The van der Waals surface area contributed by atoms with Crippen LogP contribution in [0.5, 0.6) is 0 Å². The Labute approximate surface area is 151 Å². The molecule has 0 spiro atoms. The minimum absolute atomic E-state index is 0.180. The van der Waals surface area contributed by atoms with Crippen molar-refractivity contribution in [3.8, 4) is 0 Å². The maximum Gasteiger partial charge on any atom is 0.0901 e. The topological polar surface area (TPSA) is 12.5 Å². The monoisotopic (exact) mass is 335 g/mol. The van der Waals surface area contributed by atoms with Gasteiger partial charge in [0, 0.05) is 24.2 Å². The molecular formula is C23H29NO. The largest absolute Gasteiger partial charge is 0.373 e. The summed E-state index contributed by atoms with van der Waals surface area (Å²) in [4.78, 5) is 2.56. The second-order valence-corrected chi connectivity index (χ2v) is 8.17. The van der Waals surface area contributed by atoms with Crippen molar-refractivity contribution in [2.24, 2.45) is 11.8 Å². The van der Waals surface area contributed by atoms with E-state index in [1.54, 1.807) is 0 Å². The Kier molecular flexibility index (Phi) is 4.33. The summed E-state index contributed by atoms with van der Waals surface area (Å²) in [5.74, 6) is 1.60. The zero-order valence-electron chi connectivity index (χ0n) is 15.8. The molecule has 2 aromatic rings. The molecule has 2 heterocycles. The van der Waals surface area contributed by atoms with Crippen LogP contribution in [-0.2, 0) is 11.3 Å². The molecule has 3 unspecified atom stereocenters. The lowest BCUT2D eigenvalue weighted by molar-refractivity contribution is 0.0986. The van der Waals surface area contributed by atoms with Crippen LogP contribution in [0, 0.1) is 11.8 Å². The van der Waals surface area contributed by atoms with Crippen LogP contribution < -0.4 is 4.90 Å². The van der Waals surface area contributed by atoms with E-state index in [9.17, 15) is 0 Å². The molecule has 0 bridgehead atoms. The molecule has 0 aromatic heterocycles. The highest BCUT2D eigenvalue weighted by molar-refractivity contribution is 5.59. The van der Waals surface area contributed by atoms with Crippen molar-refractivity contribution in [3.05, 3.63) is 65.2 Å². The van der Waals surface area contributed by atoms with Gasteiger partial charge in [-0.3, -0.25) is 0 Å². The van der Waals surface area contributed by atoms with E-state index in [1.807, 2.05) is 0 Å². The van der Waals surface area contributed by atoms with Gasteiger partial charge in [-0.05, 0) is 48.4 Å². The molecule has 132 valence electrons. The number of benzene rings is 2. The second kappa shape index (κ2) is 6.49. The van der Waals surface area contributed by atoms with Crippen LogP contribution in [0.4, 0.5) is 5.69 Å². The zero-order valence-corrected chi connectivity index (χ0v) is 15.8. The first-order valence-corrected chi connectivity index (χ1v) is 9.63. The summed E-state index contributed by atoms with van der Waals surface area (Å²) in [7, 11) is 0. The third-order valence-electron chi connectivity index (χ3n) is 6.04. The fraction of sp³-hybridized carbons (Fsp3) is 0.478. The lowest BCUT2D eigenvalue weighted by Crippen LogP contribution is -2.34. The first-order valence-electron chi connectivity index (χ1n) is 9.63. The Bertz CT molecular complexity index is 751.